The van der Waals surface area contributed by atoms with Crippen LogP contribution in [-0.2, 0) is 0 Å². The van der Waals surface area contributed by atoms with Gasteiger partial charge in [-0.05, 0) is 25.5 Å². The monoisotopic (exact) mass is 237 g/mol. The molecule has 17 heavy (non-hydrogen) atoms. The molecule has 1 atom stereocenters. The topological polar surface area (TPSA) is 72.6 Å². The van der Waals surface area contributed by atoms with Crippen LogP contribution in [0.15, 0.2) is 30.4 Å². The van der Waals surface area contributed by atoms with Crippen LogP contribution in [0, 0.1) is 10.1 Å². The molecule has 1 rings (SSSR count). The molecule has 1 aromatic carbocycles. The number of hydrogen-bond acceptors (Lipinski definition) is 4. The van der Waals surface area contributed by atoms with Crippen LogP contribution >= 0.6 is 0 Å². The van der Waals surface area contributed by atoms with E-state index in [1.165, 1.54) is 25.1 Å². The third kappa shape index (κ3) is 3.57. The average molecular weight is 237 g/mol. The lowest BCUT2D eigenvalue weighted by Crippen LogP contribution is -2.03. The normalized spacial score (nSPS) is 11.9. The average Bonchev–Trinajstić information content (AvgIpc) is 2.25. The van der Waals surface area contributed by atoms with Crippen molar-refractivity contribution in [1.82, 2.24) is 0 Å². The number of nitro groups is 1. The summed E-state index contributed by atoms with van der Waals surface area (Å²) in [6.45, 7) is 7.36. The molecular weight excluding hydrogens is 222 g/mol. The molecule has 0 heterocycles. The Labute approximate surface area is 99.5 Å². The molecule has 5 heteroatoms. The van der Waals surface area contributed by atoms with Gasteiger partial charge in [0, 0.05) is 17.7 Å². The van der Waals surface area contributed by atoms with E-state index in [-0.39, 0.29) is 5.69 Å². The largest absolute Gasteiger partial charge is 0.489 e. The summed E-state index contributed by atoms with van der Waals surface area (Å²) in [5.74, 6) is 0.439. The molecule has 0 fully saturated rings. The lowest BCUT2D eigenvalue weighted by atomic mass is 10.1. The Morgan fingerprint density at radius 2 is 2.29 bits per heavy atom. The van der Waals surface area contributed by atoms with E-state index in [1.54, 1.807) is 0 Å². The Morgan fingerprint density at radius 3 is 2.76 bits per heavy atom. The molecule has 92 valence electrons. The Morgan fingerprint density at radius 1 is 1.65 bits per heavy atom. The molecule has 0 saturated carbocycles. The third-order valence-corrected chi connectivity index (χ3v) is 2.13. The van der Waals surface area contributed by atoms with E-state index in [0.717, 1.165) is 5.57 Å². The summed E-state index contributed by atoms with van der Waals surface area (Å²) in [5, 5.41) is 20.2. The first-order chi connectivity index (χ1) is 7.91. The maximum absolute atomic E-state index is 10.6. The van der Waals surface area contributed by atoms with Crippen molar-refractivity contribution in [3.05, 3.63) is 46.0 Å². The van der Waals surface area contributed by atoms with Gasteiger partial charge in [-0.2, -0.15) is 0 Å². The van der Waals surface area contributed by atoms with Crippen LogP contribution in [0.2, 0.25) is 0 Å². The molecule has 0 aliphatic heterocycles. The number of non-ortho nitro benzene ring substituents is 1. The molecule has 5 nitrogen and oxygen atoms in total. The molecule has 0 amide bonds. The van der Waals surface area contributed by atoms with E-state index in [9.17, 15) is 15.2 Å². The summed E-state index contributed by atoms with van der Waals surface area (Å²) in [7, 11) is 0. The molecule has 1 aromatic rings. The lowest BCUT2D eigenvalue weighted by molar-refractivity contribution is -0.385. The fourth-order valence-electron chi connectivity index (χ4n) is 1.31. The van der Waals surface area contributed by atoms with Crippen molar-refractivity contribution in [3.8, 4) is 5.75 Å². The number of rotatable bonds is 5. The van der Waals surface area contributed by atoms with Gasteiger partial charge in [-0.3, -0.25) is 10.1 Å². The summed E-state index contributed by atoms with van der Waals surface area (Å²) in [6, 6.07) is 4.15. The highest BCUT2D eigenvalue weighted by Crippen LogP contribution is 2.29. The second kappa shape index (κ2) is 5.45. The van der Waals surface area contributed by atoms with Gasteiger partial charge in [0.1, 0.15) is 12.4 Å². The van der Waals surface area contributed by atoms with Crippen LogP contribution in [0.1, 0.15) is 25.5 Å². The minimum absolute atomic E-state index is 0.0661. The van der Waals surface area contributed by atoms with Crippen molar-refractivity contribution < 1.29 is 14.8 Å². The lowest BCUT2D eigenvalue weighted by Gasteiger charge is -2.13. The zero-order valence-corrected chi connectivity index (χ0v) is 9.84. The number of nitro benzene ring substituents is 1. The van der Waals surface area contributed by atoms with Crippen molar-refractivity contribution in [2.24, 2.45) is 0 Å². The number of aliphatic hydroxyl groups excluding tert-OH is 1. The van der Waals surface area contributed by atoms with Crippen LogP contribution in [-0.4, -0.2) is 16.6 Å². The fourth-order valence-corrected chi connectivity index (χ4v) is 1.31. The molecule has 0 saturated heterocycles. The molecule has 1 N–H and O–H groups in total. The molecule has 0 aliphatic carbocycles. The third-order valence-electron chi connectivity index (χ3n) is 2.13. The molecule has 0 bridgehead atoms. The molecule has 0 unspecified atom stereocenters. The summed E-state index contributed by atoms with van der Waals surface area (Å²) in [5.41, 5.74) is 1.17. The first-order valence-corrected chi connectivity index (χ1v) is 5.15. The Bertz CT molecular complexity index is 440. The van der Waals surface area contributed by atoms with Crippen LogP contribution in [0.3, 0.4) is 0 Å². The summed E-state index contributed by atoms with van der Waals surface area (Å²) in [4.78, 5) is 10.1. The first-order valence-electron chi connectivity index (χ1n) is 5.15. The number of benzene rings is 1. The van der Waals surface area contributed by atoms with Gasteiger partial charge in [-0.25, -0.2) is 0 Å². The Balaban J connectivity index is 3.04. The van der Waals surface area contributed by atoms with Crippen LogP contribution < -0.4 is 4.74 Å². The number of aliphatic hydroxyl groups is 1. The second-order valence-electron chi connectivity index (χ2n) is 3.90. The molecule has 0 aromatic heterocycles. The van der Waals surface area contributed by atoms with E-state index >= 15 is 0 Å². The molecule has 0 spiro atoms. The van der Waals surface area contributed by atoms with E-state index < -0.39 is 11.0 Å². The van der Waals surface area contributed by atoms with Gasteiger partial charge in [0.25, 0.3) is 5.69 Å². The van der Waals surface area contributed by atoms with Crippen molar-refractivity contribution in [3.63, 3.8) is 0 Å². The van der Waals surface area contributed by atoms with E-state index in [1.807, 2.05) is 6.92 Å². The van der Waals surface area contributed by atoms with Crippen molar-refractivity contribution in [1.29, 1.82) is 0 Å². The van der Waals surface area contributed by atoms with Gasteiger partial charge < -0.3 is 9.84 Å². The SMILES string of the molecule is C=C(C)COc1ccc([N+](=O)[O-])cc1[C@H](C)O. The Hall–Kier alpha value is -1.88. The highest BCUT2D eigenvalue weighted by Gasteiger charge is 2.15. The number of nitrogens with zero attached hydrogens (tertiary/aromatic N) is 1. The standard InChI is InChI=1S/C12H15NO4/c1-8(2)7-17-12-5-4-10(13(15)16)6-11(12)9(3)14/h4-6,9,14H,1,7H2,2-3H3/t9-/m0/s1. The van der Waals surface area contributed by atoms with Crippen molar-refractivity contribution >= 4 is 5.69 Å². The first kappa shape index (κ1) is 13.2. The van der Waals surface area contributed by atoms with E-state index in [4.69, 9.17) is 4.74 Å². The van der Waals surface area contributed by atoms with Gasteiger partial charge in [-0.15, -0.1) is 0 Å². The maximum atomic E-state index is 10.6. The molecular formula is C12H15NO4. The maximum Gasteiger partial charge on any atom is 0.270 e. The highest BCUT2D eigenvalue weighted by atomic mass is 16.6. The quantitative estimate of drug-likeness (QED) is 0.485. The summed E-state index contributed by atoms with van der Waals surface area (Å²) >= 11 is 0. The van der Waals surface area contributed by atoms with E-state index in [0.29, 0.717) is 17.9 Å². The minimum Gasteiger partial charge on any atom is -0.489 e. The summed E-state index contributed by atoms with van der Waals surface area (Å²) in [6.07, 6.45) is -0.824. The van der Waals surface area contributed by atoms with Gasteiger partial charge in [-0.1, -0.05) is 6.58 Å². The van der Waals surface area contributed by atoms with Gasteiger partial charge >= 0.3 is 0 Å². The zero-order valence-electron chi connectivity index (χ0n) is 9.84. The predicted octanol–water partition coefficient (Wildman–Crippen LogP) is 2.60. The number of hydrogen-bond donors (Lipinski definition) is 1. The van der Waals surface area contributed by atoms with Gasteiger partial charge in [0.2, 0.25) is 0 Å². The van der Waals surface area contributed by atoms with Gasteiger partial charge in [0.05, 0.1) is 11.0 Å². The van der Waals surface area contributed by atoms with Crippen LogP contribution in [0.5, 0.6) is 5.75 Å². The fraction of sp³-hybridized carbons (Fsp3) is 0.333. The minimum atomic E-state index is -0.824. The number of ether oxygens (including phenoxy) is 1. The zero-order chi connectivity index (χ0) is 13.0. The predicted molar refractivity (Wildman–Crippen MR) is 64.0 cm³/mol. The van der Waals surface area contributed by atoms with Crippen LogP contribution in [0.4, 0.5) is 5.69 Å². The van der Waals surface area contributed by atoms with Crippen molar-refractivity contribution in [2.75, 3.05) is 6.61 Å². The smallest absolute Gasteiger partial charge is 0.270 e. The van der Waals surface area contributed by atoms with Crippen molar-refractivity contribution in [2.45, 2.75) is 20.0 Å². The molecule has 0 radical (unpaired) electrons. The van der Waals surface area contributed by atoms with Crippen LogP contribution in [0.25, 0.3) is 0 Å². The van der Waals surface area contributed by atoms with E-state index in [2.05, 4.69) is 6.58 Å². The van der Waals surface area contributed by atoms with Gasteiger partial charge in [0.15, 0.2) is 0 Å². The molecule has 0 aliphatic rings. The second-order valence-corrected chi connectivity index (χ2v) is 3.90. The highest BCUT2D eigenvalue weighted by molar-refractivity contribution is 5.44. The summed E-state index contributed by atoms with van der Waals surface area (Å²) < 4.78 is 5.41. The Kier molecular flexibility index (Phi) is 4.23.